The van der Waals surface area contributed by atoms with Crippen molar-refractivity contribution in [3.8, 4) is 5.75 Å². The molecule has 2 aromatic rings. The van der Waals surface area contributed by atoms with Crippen molar-refractivity contribution >= 4 is 27.5 Å². The molecule has 0 amide bonds. The smallest absolute Gasteiger partial charge is 0.371 e. The Hall–Kier alpha value is -1.88. The van der Waals surface area contributed by atoms with Crippen LogP contribution in [0.2, 0.25) is 0 Å². The maximum atomic E-state index is 13.3. The van der Waals surface area contributed by atoms with Crippen molar-refractivity contribution in [2.75, 3.05) is 7.11 Å². The summed E-state index contributed by atoms with van der Waals surface area (Å²) in [6.07, 6.45) is 0. The van der Waals surface area contributed by atoms with E-state index < -0.39 is 0 Å². The van der Waals surface area contributed by atoms with Gasteiger partial charge in [-0.3, -0.25) is 0 Å². The highest BCUT2D eigenvalue weighted by Gasteiger charge is 2.19. The Morgan fingerprint density at radius 2 is 1.87 bits per heavy atom. The standard InChI is InChI=1S/C18H19BrFNO2/c1-18(2,3)12-6-8-16(23-4)15(10-12)21-17(22)11-5-7-14(20)13(19)9-11/h5-10H,1-4H3,(H,21,22)/p+1. The molecule has 0 spiro atoms. The van der Waals surface area contributed by atoms with Crippen LogP contribution < -0.4 is 9.73 Å². The van der Waals surface area contributed by atoms with Crippen molar-refractivity contribution in [2.45, 2.75) is 26.2 Å². The summed E-state index contributed by atoms with van der Waals surface area (Å²) in [5.41, 5.74) is 2.20. The Kier molecular flexibility index (Phi) is 5.09. The molecule has 0 heterocycles. The molecule has 3 nitrogen and oxygen atoms in total. The predicted octanol–water partition coefficient (Wildman–Crippen LogP) is 3.61. The summed E-state index contributed by atoms with van der Waals surface area (Å²) < 4.78 is 18.9. The number of hydrogen-bond acceptors (Lipinski definition) is 1. The molecule has 0 saturated carbocycles. The number of nitrogens with one attached hydrogen (secondary N) is 1. The van der Waals surface area contributed by atoms with Crippen LogP contribution in [-0.2, 0) is 5.41 Å². The number of hydrogen-bond donors (Lipinski definition) is 2. The second-order valence-electron chi connectivity index (χ2n) is 6.27. The molecule has 2 rings (SSSR count). The Morgan fingerprint density at radius 3 is 2.43 bits per heavy atom. The molecule has 122 valence electrons. The van der Waals surface area contributed by atoms with Crippen molar-refractivity contribution in [1.82, 2.24) is 0 Å². The van der Waals surface area contributed by atoms with Crippen LogP contribution in [0.3, 0.4) is 0 Å². The van der Waals surface area contributed by atoms with Crippen molar-refractivity contribution in [1.29, 1.82) is 0 Å². The number of aliphatic hydroxyl groups excluding tert-OH is 1. The second-order valence-corrected chi connectivity index (χ2v) is 7.12. The van der Waals surface area contributed by atoms with Crippen LogP contribution >= 0.6 is 15.9 Å². The fourth-order valence-electron chi connectivity index (χ4n) is 2.12. The van der Waals surface area contributed by atoms with E-state index in [2.05, 4.69) is 41.7 Å². The molecule has 0 aliphatic heterocycles. The van der Waals surface area contributed by atoms with Gasteiger partial charge in [0.2, 0.25) is 5.69 Å². The fraction of sp³-hybridized carbons (Fsp3) is 0.278. The molecular weight excluding hydrogens is 361 g/mol. The molecule has 2 N–H and O–H groups in total. The molecule has 0 aliphatic rings. The molecule has 0 atom stereocenters. The van der Waals surface area contributed by atoms with E-state index in [9.17, 15) is 9.50 Å². The van der Waals surface area contributed by atoms with Gasteiger partial charge in [-0.25, -0.2) is 4.39 Å². The van der Waals surface area contributed by atoms with Gasteiger partial charge in [0, 0.05) is 6.07 Å². The van der Waals surface area contributed by atoms with Crippen molar-refractivity contribution in [3.05, 3.63) is 57.8 Å². The zero-order valence-electron chi connectivity index (χ0n) is 13.6. The quantitative estimate of drug-likeness (QED) is 0.630. The molecule has 0 unspecified atom stereocenters. The zero-order chi connectivity index (χ0) is 17.2. The zero-order valence-corrected chi connectivity index (χ0v) is 15.2. The van der Waals surface area contributed by atoms with Crippen LogP contribution in [0.1, 0.15) is 31.9 Å². The van der Waals surface area contributed by atoms with Crippen LogP contribution in [-0.4, -0.2) is 18.1 Å². The minimum atomic E-state index is -0.381. The van der Waals surface area contributed by atoms with E-state index in [4.69, 9.17) is 4.74 Å². The first-order valence-corrected chi connectivity index (χ1v) is 7.98. The summed E-state index contributed by atoms with van der Waals surface area (Å²) in [6, 6.07) is 10.1. The maximum absolute atomic E-state index is 13.3. The average molecular weight is 381 g/mol. The fourth-order valence-corrected chi connectivity index (χ4v) is 2.49. The lowest BCUT2D eigenvalue weighted by molar-refractivity contribution is -0.365. The number of ether oxygens (including phenoxy) is 1. The molecule has 0 radical (unpaired) electrons. The van der Waals surface area contributed by atoms with E-state index in [1.807, 2.05) is 18.2 Å². The van der Waals surface area contributed by atoms with E-state index >= 15 is 0 Å². The highest BCUT2D eigenvalue weighted by molar-refractivity contribution is 9.10. The maximum Gasteiger partial charge on any atom is 0.371 e. The van der Waals surface area contributed by atoms with Crippen LogP contribution in [0.25, 0.3) is 0 Å². The number of benzene rings is 2. The van der Waals surface area contributed by atoms with E-state index in [1.165, 1.54) is 18.2 Å². The van der Waals surface area contributed by atoms with Crippen molar-refractivity contribution < 1.29 is 19.2 Å². The van der Waals surface area contributed by atoms with Gasteiger partial charge in [-0.05, 0) is 51.2 Å². The summed E-state index contributed by atoms with van der Waals surface area (Å²) >= 11 is 3.11. The van der Waals surface area contributed by atoms with Gasteiger partial charge in [0.25, 0.3) is 0 Å². The first-order valence-electron chi connectivity index (χ1n) is 7.19. The predicted molar refractivity (Wildman–Crippen MR) is 93.2 cm³/mol. The Balaban J connectivity index is 2.49. The molecule has 5 heteroatoms. The molecule has 23 heavy (non-hydrogen) atoms. The average Bonchev–Trinajstić information content (AvgIpc) is 2.49. The third-order valence-corrected chi connectivity index (χ3v) is 4.12. The molecule has 0 fully saturated rings. The normalized spacial score (nSPS) is 12.3. The number of halogens is 2. The summed E-state index contributed by atoms with van der Waals surface area (Å²) in [6.45, 7) is 6.33. The topological polar surface area (TPSA) is 43.4 Å². The van der Waals surface area contributed by atoms with Crippen LogP contribution in [0.15, 0.2) is 40.9 Å². The molecule has 2 aromatic carbocycles. The van der Waals surface area contributed by atoms with Gasteiger partial charge in [-0.15, -0.1) is 0 Å². The van der Waals surface area contributed by atoms with Gasteiger partial charge in [0.05, 0.1) is 17.1 Å². The summed E-state index contributed by atoms with van der Waals surface area (Å²) in [4.78, 5) is 2.94. The van der Waals surface area contributed by atoms with Crippen LogP contribution in [0.4, 0.5) is 10.1 Å². The molecule has 0 saturated heterocycles. The lowest BCUT2D eigenvalue weighted by Crippen LogP contribution is -2.67. The molecule has 0 bridgehead atoms. The third-order valence-electron chi connectivity index (χ3n) is 3.51. The summed E-state index contributed by atoms with van der Waals surface area (Å²) in [5, 5.41) is 10.3. The van der Waals surface area contributed by atoms with Gasteiger partial charge < -0.3 is 9.84 Å². The largest absolute Gasteiger partial charge is 0.490 e. The van der Waals surface area contributed by atoms with E-state index in [1.54, 1.807) is 7.11 Å². The Morgan fingerprint density at radius 1 is 1.17 bits per heavy atom. The minimum Gasteiger partial charge on any atom is -0.490 e. The van der Waals surface area contributed by atoms with Gasteiger partial charge >= 0.3 is 5.90 Å². The van der Waals surface area contributed by atoms with E-state index in [0.717, 1.165) is 5.56 Å². The van der Waals surface area contributed by atoms with Gasteiger partial charge in [-0.1, -0.05) is 26.8 Å². The molecule has 0 aromatic heterocycles. The SMILES string of the molecule is COc1ccc(C(C)(C)C)cc1[NH+]=C(O)c1ccc(F)c(Br)c1. The number of methoxy groups -OCH3 is 1. The van der Waals surface area contributed by atoms with Crippen molar-refractivity contribution in [2.24, 2.45) is 0 Å². The van der Waals surface area contributed by atoms with Gasteiger partial charge in [-0.2, -0.15) is 4.99 Å². The Labute approximate surface area is 144 Å². The number of rotatable bonds is 3. The lowest BCUT2D eigenvalue weighted by Gasteiger charge is -2.18. The highest BCUT2D eigenvalue weighted by Crippen LogP contribution is 2.28. The van der Waals surface area contributed by atoms with Gasteiger partial charge in [0.1, 0.15) is 5.82 Å². The summed E-state index contributed by atoms with van der Waals surface area (Å²) in [5.74, 6) is 0.162. The van der Waals surface area contributed by atoms with Crippen molar-refractivity contribution in [3.63, 3.8) is 0 Å². The van der Waals surface area contributed by atoms with Crippen LogP contribution in [0.5, 0.6) is 5.75 Å². The Bertz CT molecular complexity index is 751. The summed E-state index contributed by atoms with van der Waals surface area (Å²) in [7, 11) is 1.57. The highest BCUT2D eigenvalue weighted by atomic mass is 79.9. The molecular formula is C18H20BrFNO2+. The first kappa shape index (κ1) is 17.5. The number of aliphatic hydroxyl groups is 1. The monoisotopic (exact) mass is 380 g/mol. The second kappa shape index (κ2) is 6.71. The van der Waals surface area contributed by atoms with Crippen LogP contribution in [0, 0.1) is 5.82 Å². The van der Waals surface area contributed by atoms with Gasteiger partial charge in [0.15, 0.2) is 5.75 Å². The molecule has 0 aliphatic carbocycles. The third kappa shape index (κ3) is 4.10. The first-order chi connectivity index (χ1) is 10.7. The van der Waals surface area contributed by atoms with E-state index in [0.29, 0.717) is 21.5 Å². The minimum absolute atomic E-state index is 0.0305. The lowest BCUT2D eigenvalue weighted by atomic mass is 9.87. The van der Waals surface area contributed by atoms with E-state index in [-0.39, 0.29) is 17.1 Å².